The molecule has 0 aliphatic carbocycles. The smallest absolute Gasteiger partial charge is 0.0854 e. The fourth-order valence-electron chi connectivity index (χ4n) is 1.94. The first-order chi connectivity index (χ1) is 7.11. The van der Waals surface area contributed by atoms with Gasteiger partial charge in [0.05, 0.1) is 6.17 Å². The third-order valence-electron chi connectivity index (χ3n) is 2.80. The number of fused-ring (bicyclic) bond motifs is 1. The lowest BCUT2D eigenvalue weighted by Gasteiger charge is -2.20. The second kappa shape index (κ2) is 3.68. The first kappa shape index (κ1) is 10.2. The lowest BCUT2D eigenvalue weighted by atomic mass is 10.1. The zero-order valence-electron chi connectivity index (χ0n) is 9.41. The van der Waals surface area contributed by atoms with Gasteiger partial charge in [-0.1, -0.05) is 18.2 Å². The maximum Gasteiger partial charge on any atom is 0.0854 e. The van der Waals surface area contributed by atoms with Crippen LogP contribution in [0, 0.1) is 6.92 Å². The quantitative estimate of drug-likeness (QED) is 0.733. The van der Waals surface area contributed by atoms with Gasteiger partial charge in [0.15, 0.2) is 0 Å². The molecule has 1 aromatic heterocycles. The van der Waals surface area contributed by atoms with Gasteiger partial charge in [0.2, 0.25) is 0 Å². The molecule has 3 heteroatoms. The molecule has 1 atom stereocenters. The third kappa shape index (κ3) is 1.64. The highest BCUT2D eigenvalue weighted by atomic mass is 15.2. The number of nitrogens with zero attached hydrogens (tertiary/aromatic N) is 1. The highest BCUT2D eigenvalue weighted by molar-refractivity contribution is 5.84. The lowest BCUT2D eigenvalue weighted by Crippen LogP contribution is -2.27. The summed E-state index contributed by atoms with van der Waals surface area (Å²) in [6.07, 6.45) is -0.0545. The molecule has 2 rings (SSSR count). The van der Waals surface area contributed by atoms with Crippen molar-refractivity contribution in [2.24, 2.45) is 5.73 Å². The van der Waals surface area contributed by atoms with Crippen LogP contribution in [-0.2, 0) is 0 Å². The van der Waals surface area contributed by atoms with E-state index in [9.17, 15) is 0 Å². The topological polar surface area (TPSA) is 45.1 Å². The van der Waals surface area contributed by atoms with Gasteiger partial charge in [-0.3, -0.25) is 4.90 Å². The van der Waals surface area contributed by atoms with Gasteiger partial charge >= 0.3 is 0 Å². The number of rotatable bonds is 2. The Morgan fingerprint density at radius 3 is 2.60 bits per heavy atom. The number of nitrogens with two attached hydrogens (primary N) is 1. The minimum atomic E-state index is -0.0545. The van der Waals surface area contributed by atoms with Gasteiger partial charge in [0, 0.05) is 22.2 Å². The van der Waals surface area contributed by atoms with Crippen LogP contribution in [0.15, 0.2) is 24.3 Å². The molecule has 1 heterocycles. The van der Waals surface area contributed by atoms with E-state index >= 15 is 0 Å². The molecular formula is C12H17N3. The van der Waals surface area contributed by atoms with Gasteiger partial charge in [-0.05, 0) is 27.1 Å². The maximum absolute atomic E-state index is 6.16. The minimum Gasteiger partial charge on any atom is -0.358 e. The molecule has 0 radical (unpaired) electrons. The average Bonchev–Trinajstić information content (AvgIpc) is 2.52. The van der Waals surface area contributed by atoms with E-state index in [0.29, 0.717) is 0 Å². The summed E-state index contributed by atoms with van der Waals surface area (Å²) in [4.78, 5) is 5.37. The molecule has 0 fully saturated rings. The minimum absolute atomic E-state index is 0.0545. The molecule has 2 aromatic rings. The summed E-state index contributed by atoms with van der Waals surface area (Å²) in [7, 11) is 3.98. The Bertz CT molecular complexity index is 471. The highest BCUT2D eigenvalue weighted by Gasteiger charge is 2.16. The van der Waals surface area contributed by atoms with Crippen molar-refractivity contribution in [3.8, 4) is 0 Å². The predicted molar refractivity (Wildman–Crippen MR) is 63.7 cm³/mol. The van der Waals surface area contributed by atoms with Crippen molar-refractivity contribution in [2.75, 3.05) is 14.1 Å². The molecule has 1 aromatic carbocycles. The second-order valence-corrected chi connectivity index (χ2v) is 4.12. The number of aromatic nitrogens is 1. The van der Waals surface area contributed by atoms with Crippen LogP contribution in [0.5, 0.6) is 0 Å². The summed E-state index contributed by atoms with van der Waals surface area (Å²) in [6.45, 7) is 2.07. The van der Waals surface area contributed by atoms with Gasteiger partial charge in [-0.2, -0.15) is 0 Å². The molecule has 15 heavy (non-hydrogen) atoms. The number of aromatic amines is 1. The number of benzene rings is 1. The Morgan fingerprint density at radius 1 is 1.27 bits per heavy atom. The lowest BCUT2D eigenvalue weighted by molar-refractivity contribution is 0.308. The fourth-order valence-corrected chi connectivity index (χ4v) is 1.94. The van der Waals surface area contributed by atoms with Crippen molar-refractivity contribution in [1.82, 2.24) is 9.88 Å². The van der Waals surface area contributed by atoms with Gasteiger partial charge in [-0.25, -0.2) is 0 Å². The SMILES string of the molecule is Cc1[nH]c2ccccc2c1C(N)N(C)C. The Morgan fingerprint density at radius 2 is 1.93 bits per heavy atom. The standard InChI is InChI=1S/C12H17N3/c1-8-11(12(13)15(2)3)9-6-4-5-7-10(9)14-8/h4-7,12,14H,13H2,1-3H3. The predicted octanol–water partition coefficient (Wildman–Crippen LogP) is 2.00. The zero-order chi connectivity index (χ0) is 11.0. The molecule has 0 saturated heterocycles. The van der Waals surface area contributed by atoms with E-state index in [0.717, 1.165) is 11.2 Å². The van der Waals surface area contributed by atoms with Crippen LogP contribution >= 0.6 is 0 Å². The molecule has 0 aliphatic rings. The Balaban J connectivity index is 2.63. The first-order valence-electron chi connectivity index (χ1n) is 5.10. The molecule has 0 spiro atoms. The number of hydrogen-bond donors (Lipinski definition) is 2. The normalized spacial score (nSPS) is 13.7. The fraction of sp³-hybridized carbons (Fsp3) is 0.333. The number of aryl methyl sites for hydroxylation is 1. The molecule has 1 unspecified atom stereocenters. The second-order valence-electron chi connectivity index (χ2n) is 4.12. The Labute approximate surface area is 89.9 Å². The van der Waals surface area contributed by atoms with Crippen LogP contribution in [0.4, 0.5) is 0 Å². The van der Waals surface area contributed by atoms with Crippen molar-refractivity contribution in [2.45, 2.75) is 13.1 Å². The maximum atomic E-state index is 6.16. The van der Waals surface area contributed by atoms with Crippen LogP contribution in [0.25, 0.3) is 10.9 Å². The number of nitrogens with one attached hydrogen (secondary N) is 1. The molecule has 0 saturated carbocycles. The Hall–Kier alpha value is -1.32. The van der Waals surface area contributed by atoms with Crippen LogP contribution < -0.4 is 5.73 Å². The van der Waals surface area contributed by atoms with Gasteiger partial charge in [-0.15, -0.1) is 0 Å². The average molecular weight is 203 g/mol. The summed E-state index contributed by atoms with van der Waals surface area (Å²) in [5, 5.41) is 1.22. The van der Waals surface area contributed by atoms with Gasteiger partial charge < -0.3 is 10.7 Å². The van der Waals surface area contributed by atoms with Crippen molar-refractivity contribution in [3.05, 3.63) is 35.5 Å². The van der Waals surface area contributed by atoms with E-state index in [1.54, 1.807) is 0 Å². The molecule has 3 nitrogen and oxygen atoms in total. The van der Waals surface area contributed by atoms with Gasteiger partial charge in [0.1, 0.15) is 0 Å². The zero-order valence-corrected chi connectivity index (χ0v) is 9.41. The van der Waals surface area contributed by atoms with Crippen LogP contribution in [0.3, 0.4) is 0 Å². The van der Waals surface area contributed by atoms with Crippen LogP contribution in [0.1, 0.15) is 17.4 Å². The van der Waals surface area contributed by atoms with E-state index in [2.05, 4.69) is 24.0 Å². The van der Waals surface area contributed by atoms with E-state index in [4.69, 9.17) is 5.73 Å². The van der Waals surface area contributed by atoms with E-state index in [-0.39, 0.29) is 6.17 Å². The summed E-state index contributed by atoms with van der Waals surface area (Å²) in [6, 6.07) is 8.26. The summed E-state index contributed by atoms with van der Waals surface area (Å²) in [5.41, 5.74) is 9.65. The van der Waals surface area contributed by atoms with Crippen molar-refractivity contribution >= 4 is 10.9 Å². The molecule has 0 aliphatic heterocycles. The number of hydrogen-bond acceptors (Lipinski definition) is 2. The Kier molecular flexibility index (Phi) is 2.50. The number of para-hydroxylation sites is 1. The molecule has 3 N–H and O–H groups in total. The van der Waals surface area contributed by atoms with Crippen molar-refractivity contribution in [3.63, 3.8) is 0 Å². The highest BCUT2D eigenvalue weighted by Crippen LogP contribution is 2.27. The van der Waals surface area contributed by atoms with Crippen LogP contribution in [-0.4, -0.2) is 24.0 Å². The first-order valence-corrected chi connectivity index (χ1v) is 5.10. The monoisotopic (exact) mass is 203 g/mol. The largest absolute Gasteiger partial charge is 0.358 e. The summed E-state index contributed by atoms with van der Waals surface area (Å²) >= 11 is 0. The number of H-pyrrole nitrogens is 1. The van der Waals surface area contributed by atoms with E-state index in [1.165, 1.54) is 10.9 Å². The van der Waals surface area contributed by atoms with E-state index < -0.39 is 0 Å². The van der Waals surface area contributed by atoms with Crippen LogP contribution in [0.2, 0.25) is 0 Å². The molecule has 80 valence electrons. The molecule has 0 bridgehead atoms. The van der Waals surface area contributed by atoms with E-state index in [1.807, 2.05) is 31.1 Å². The van der Waals surface area contributed by atoms with Gasteiger partial charge in [0.25, 0.3) is 0 Å². The molecule has 0 amide bonds. The summed E-state index contributed by atoms with van der Waals surface area (Å²) < 4.78 is 0. The third-order valence-corrected chi connectivity index (χ3v) is 2.80. The van der Waals surface area contributed by atoms with Crippen molar-refractivity contribution < 1.29 is 0 Å². The molecular weight excluding hydrogens is 186 g/mol. The van der Waals surface area contributed by atoms with Crippen molar-refractivity contribution in [1.29, 1.82) is 0 Å². The summed E-state index contributed by atoms with van der Waals surface area (Å²) in [5.74, 6) is 0.